The molecule has 2 aromatic heterocycles. The number of benzene rings is 2. The number of hydrogen-bond donors (Lipinski definition) is 1. The molecule has 1 atom stereocenters. The topological polar surface area (TPSA) is 82.1 Å². The highest BCUT2D eigenvalue weighted by atomic mass is 16.5. The van der Waals surface area contributed by atoms with Gasteiger partial charge in [-0.2, -0.15) is 5.10 Å². The zero-order valence-electron chi connectivity index (χ0n) is 22.5. The third-order valence-corrected chi connectivity index (χ3v) is 5.98. The molecule has 1 N–H and O–H groups in total. The van der Waals surface area contributed by atoms with Gasteiger partial charge in [-0.25, -0.2) is 4.68 Å². The number of aromatic nitrogens is 2. The third-order valence-electron chi connectivity index (χ3n) is 5.98. The number of para-hydroxylation sites is 1. The Balaban J connectivity index is 1.64. The van der Waals surface area contributed by atoms with Crippen LogP contribution >= 0.6 is 0 Å². The average molecular weight is 520 g/mol. The smallest absolute Gasteiger partial charge is 0.227 e. The summed E-state index contributed by atoms with van der Waals surface area (Å²) in [5, 5.41) is 15.6. The van der Waals surface area contributed by atoms with E-state index in [0.29, 0.717) is 43.8 Å². The maximum absolute atomic E-state index is 10.8. The van der Waals surface area contributed by atoms with Crippen molar-refractivity contribution in [3.8, 4) is 23.1 Å². The number of aliphatic hydroxyl groups excluding tert-OH is 1. The number of nitrogens with zero attached hydrogens (tertiary/aromatic N) is 3. The number of furan rings is 1. The largest absolute Gasteiger partial charge is 0.497 e. The van der Waals surface area contributed by atoms with Gasteiger partial charge in [0.25, 0.3) is 0 Å². The van der Waals surface area contributed by atoms with Crippen molar-refractivity contribution in [2.75, 3.05) is 26.9 Å². The molecule has 202 valence electrons. The van der Waals surface area contributed by atoms with Crippen LogP contribution in [0.25, 0.3) is 5.69 Å². The molecule has 0 radical (unpaired) electrons. The van der Waals surface area contributed by atoms with Crippen molar-refractivity contribution in [1.29, 1.82) is 0 Å². The number of ether oxygens (including phenoxy) is 3. The lowest BCUT2D eigenvalue weighted by Crippen LogP contribution is -2.34. The van der Waals surface area contributed by atoms with Gasteiger partial charge in [0.2, 0.25) is 5.88 Å². The molecule has 0 spiro atoms. The number of aliphatic hydroxyl groups is 1. The Bertz CT molecular complexity index is 1240. The maximum atomic E-state index is 10.8. The molecular formula is C30H37N3O5. The van der Waals surface area contributed by atoms with E-state index in [1.807, 2.05) is 78.3 Å². The van der Waals surface area contributed by atoms with Crippen LogP contribution in [0.4, 0.5) is 0 Å². The highest BCUT2D eigenvalue weighted by molar-refractivity contribution is 5.44. The van der Waals surface area contributed by atoms with Gasteiger partial charge in [0.15, 0.2) is 0 Å². The molecule has 2 heterocycles. The SMILES string of the molecule is COc1ccc(Oc2c(CN(Cc3ccco3)CC(O)COCC(C)C)c(C)nn2-c2ccccc2)cc1. The Morgan fingerprint density at radius 1 is 0.947 bits per heavy atom. The Hall–Kier alpha value is -3.59. The summed E-state index contributed by atoms with van der Waals surface area (Å²) in [4.78, 5) is 2.13. The fraction of sp³-hybridized carbons (Fsp3) is 0.367. The Morgan fingerprint density at radius 3 is 2.34 bits per heavy atom. The van der Waals surface area contributed by atoms with Gasteiger partial charge in [-0.05, 0) is 61.4 Å². The predicted molar refractivity (Wildman–Crippen MR) is 146 cm³/mol. The Morgan fingerprint density at radius 2 is 1.68 bits per heavy atom. The summed E-state index contributed by atoms with van der Waals surface area (Å²) < 4.78 is 24.9. The molecule has 0 saturated carbocycles. The van der Waals surface area contributed by atoms with Gasteiger partial charge in [-0.1, -0.05) is 32.0 Å². The van der Waals surface area contributed by atoms with Gasteiger partial charge in [0, 0.05) is 19.7 Å². The minimum atomic E-state index is -0.654. The normalized spacial score (nSPS) is 12.3. The summed E-state index contributed by atoms with van der Waals surface area (Å²) in [5.74, 6) is 3.26. The number of rotatable bonds is 14. The lowest BCUT2D eigenvalue weighted by Gasteiger charge is -2.25. The first kappa shape index (κ1) is 27.4. The summed E-state index contributed by atoms with van der Waals surface area (Å²) >= 11 is 0. The van der Waals surface area contributed by atoms with Gasteiger partial charge >= 0.3 is 0 Å². The van der Waals surface area contributed by atoms with E-state index < -0.39 is 6.10 Å². The Labute approximate surface area is 224 Å². The molecule has 38 heavy (non-hydrogen) atoms. The standard InChI is InChI=1S/C30H37N3O5/c1-22(2)20-36-21-25(34)17-32(18-28-11-8-16-37-28)19-29-23(3)31-33(24-9-6-5-7-10-24)30(29)38-27-14-12-26(35-4)13-15-27/h5-16,22,25,34H,17-21H2,1-4H3. The summed E-state index contributed by atoms with van der Waals surface area (Å²) in [6, 6.07) is 21.2. The second-order valence-electron chi connectivity index (χ2n) is 9.73. The van der Waals surface area contributed by atoms with Crippen molar-refractivity contribution in [2.24, 2.45) is 5.92 Å². The van der Waals surface area contributed by atoms with Crippen molar-refractivity contribution in [3.05, 3.63) is 90.0 Å². The number of hydrogen-bond acceptors (Lipinski definition) is 7. The molecule has 2 aromatic carbocycles. The van der Waals surface area contributed by atoms with E-state index in [0.717, 1.165) is 28.5 Å². The van der Waals surface area contributed by atoms with Crippen LogP contribution in [0.2, 0.25) is 0 Å². The van der Waals surface area contributed by atoms with Gasteiger partial charge < -0.3 is 23.7 Å². The summed E-state index contributed by atoms with van der Waals surface area (Å²) in [7, 11) is 1.64. The average Bonchev–Trinajstić information content (AvgIpc) is 3.53. The monoisotopic (exact) mass is 519 g/mol. The maximum Gasteiger partial charge on any atom is 0.227 e. The molecule has 0 fully saturated rings. The van der Waals surface area contributed by atoms with Crippen LogP contribution in [0.5, 0.6) is 17.4 Å². The third kappa shape index (κ3) is 7.47. The van der Waals surface area contributed by atoms with E-state index in [4.69, 9.17) is 23.7 Å². The van der Waals surface area contributed by atoms with E-state index in [9.17, 15) is 5.11 Å². The second kappa shape index (κ2) is 13.3. The Kier molecular flexibility index (Phi) is 9.59. The predicted octanol–water partition coefficient (Wildman–Crippen LogP) is 5.61. The van der Waals surface area contributed by atoms with Crippen molar-refractivity contribution in [1.82, 2.24) is 14.7 Å². The van der Waals surface area contributed by atoms with E-state index in [2.05, 4.69) is 18.7 Å². The second-order valence-corrected chi connectivity index (χ2v) is 9.73. The van der Waals surface area contributed by atoms with Crippen LogP contribution in [0.15, 0.2) is 77.4 Å². The first-order valence-corrected chi connectivity index (χ1v) is 12.9. The number of methoxy groups -OCH3 is 1. The molecule has 0 aliphatic rings. The van der Waals surface area contributed by atoms with Crippen LogP contribution < -0.4 is 9.47 Å². The van der Waals surface area contributed by atoms with Gasteiger partial charge in [0.05, 0.1) is 49.6 Å². The molecule has 0 aliphatic carbocycles. The molecule has 0 amide bonds. The van der Waals surface area contributed by atoms with Gasteiger partial charge in [0.1, 0.15) is 17.3 Å². The van der Waals surface area contributed by atoms with E-state index in [1.54, 1.807) is 13.4 Å². The molecular weight excluding hydrogens is 482 g/mol. The molecule has 0 aliphatic heterocycles. The highest BCUT2D eigenvalue weighted by Crippen LogP contribution is 2.32. The van der Waals surface area contributed by atoms with Gasteiger partial charge in [-0.3, -0.25) is 4.90 Å². The van der Waals surface area contributed by atoms with E-state index in [1.165, 1.54) is 0 Å². The van der Waals surface area contributed by atoms with Crippen molar-refractivity contribution in [2.45, 2.75) is 40.0 Å². The van der Waals surface area contributed by atoms with Crippen LogP contribution in [0.3, 0.4) is 0 Å². The van der Waals surface area contributed by atoms with Crippen LogP contribution in [-0.4, -0.2) is 52.8 Å². The molecule has 0 bridgehead atoms. The van der Waals surface area contributed by atoms with E-state index >= 15 is 0 Å². The summed E-state index contributed by atoms with van der Waals surface area (Å²) in [6.45, 7) is 8.44. The van der Waals surface area contributed by atoms with Crippen LogP contribution in [0, 0.1) is 12.8 Å². The van der Waals surface area contributed by atoms with Crippen molar-refractivity contribution < 1.29 is 23.7 Å². The molecule has 1 unspecified atom stereocenters. The molecule has 4 aromatic rings. The highest BCUT2D eigenvalue weighted by Gasteiger charge is 2.23. The molecule has 8 nitrogen and oxygen atoms in total. The zero-order chi connectivity index (χ0) is 26.9. The summed E-state index contributed by atoms with van der Waals surface area (Å²) in [5.41, 5.74) is 2.66. The lowest BCUT2D eigenvalue weighted by atomic mass is 10.2. The minimum Gasteiger partial charge on any atom is -0.497 e. The quantitative estimate of drug-likeness (QED) is 0.232. The first-order chi connectivity index (χ1) is 18.4. The first-order valence-electron chi connectivity index (χ1n) is 12.9. The molecule has 0 saturated heterocycles. The summed E-state index contributed by atoms with van der Waals surface area (Å²) in [6.07, 6.45) is 1.01. The van der Waals surface area contributed by atoms with Crippen LogP contribution in [-0.2, 0) is 17.8 Å². The van der Waals surface area contributed by atoms with Crippen LogP contribution in [0.1, 0.15) is 30.9 Å². The van der Waals surface area contributed by atoms with Crippen molar-refractivity contribution >= 4 is 0 Å². The van der Waals surface area contributed by atoms with Gasteiger partial charge in [-0.15, -0.1) is 0 Å². The van der Waals surface area contributed by atoms with Crippen molar-refractivity contribution in [3.63, 3.8) is 0 Å². The molecule has 8 heteroatoms. The fourth-order valence-corrected chi connectivity index (χ4v) is 4.15. The minimum absolute atomic E-state index is 0.268. The fourth-order valence-electron chi connectivity index (χ4n) is 4.15. The van der Waals surface area contributed by atoms with E-state index in [-0.39, 0.29) is 6.61 Å². The zero-order valence-corrected chi connectivity index (χ0v) is 22.5. The molecule has 4 rings (SSSR count). The number of aryl methyl sites for hydroxylation is 1. The lowest BCUT2D eigenvalue weighted by molar-refractivity contribution is 0.00448.